The summed E-state index contributed by atoms with van der Waals surface area (Å²) in [6, 6.07) is 9.83. The maximum Gasteiger partial charge on any atom is 0.324 e. The van der Waals surface area contributed by atoms with E-state index in [9.17, 15) is 9.59 Å². The lowest BCUT2D eigenvalue weighted by Gasteiger charge is -2.33. The van der Waals surface area contributed by atoms with Gasteiger partial charge < -0.3 is 9.47 Å². The third-order valence-electron chi connectivity index (χ3n) is 4.00. The van der Waals surface area contributed by atoms with Crippen LogP contribution in [-0.2, 0) is 19.1 Å². The van der Waals surface area contributed by atoms with Crippen LogP contribution in [0.3, 0.4) is 0 Å². The minimum Gasteiger partial charge on any atom is -0.465 e. The summed E-state index contributed by atoms with van der Waals surface area (Å²) in [4.78, 5) is 25.2. The number of benzene rings is 1. The molecule has 1 aromatic rings. The van der Waals surface area contributed by atoms with Crippen LogP contribution < -0.4 is 0 Å². The van der Waals surface area contributed by atoms with Gasteiger partial charge in [0, 0.05) is 0 Å². The van der Waals surface area contributed by atoms with Gasteiger partial charge in [0.25, 0.3) is 0 Å². The molecular formula is C20H24O4. The van der Waals surface area contributed by atoms with Gasteiger partial charge in [0.15, 0.2) is 5.41 Å². The van der Waals surface area contributed by atoms with Crippen LogP contribution >= 0.6 is 0 Å². The Morgan fingerprint density at radius 1 is 1.04 bits per heavy atom. The number of rotatable bonds is 5. The minimum absolute atomic E-state index is 0.237. The van der Waals surface area contributed by atoms with Crippen molar-refractivity contribution in [2.75, 3.05) is 13.2 Å². The molecule has 0 saturated heterocycles. The van der Waals surface area contributed by atoms with E-state index in [2.05, 4.69) is 0 Å². The van der Waals surface area contributed by atoms with Crippen molar-refractivity contribution in [2.45, 2.75) is 33.6 Å². The van der Waals surface area contributed by atoms with Crippen molar-refractivity contribution in [3.63, 3.8) is 0 Å². The Morgan fingerprint density at radius 2 is 1.62 bits per heavy atom. The molecule has 1 aliphatic rings. The molecule has 0 amide bonds. The second kappa shape index (κ2) is 7.95. The smallest absolute Gasteiger partial charge is 0.324 e. The van der Waals surface area contributed by atoms with E-state index < -0.39 is 17.4 Å². The average Bonchev–Trinajstić information content (AvgIpc) is 2.55. The van der Waals surface area contributed by atoms with Crippen molar-refractivity contribution in [1.29, 1.82) is 0 Å². The Bertz CT molecular complexity index is 637. The fourth-order valence-corrected chi connectivity index (χ4v) is 3.07. The Morgan fingerprint density at radius 3 is 2.17 bits per heavy atom. The molecule has 1 aliphatic carbocycles. The lowest BCUT2D eigenvalue weighted by Crippen LogP contribution is -2.44. The second-order valence-corrected chi connectivity index (χ2v) is 6.00. The molecule has 4 heteroatoms. The molecule has 0 atom stereocenters. The molecule has 0 heterocycles. The normalized spacial score (nSPS) is 18.0. The molecule has 0 aliphatic heterocycles. The summed E-state index contributed by atoms with van der Waals surface area (Å²) in [6.45, 7) is 5.87. The quantitative estimate of drug-likeness (QED) is 0.607. The first-order chi connectivity index (χ1) is 11.5. The molecule has 0 fully saturated rings. The third-order valence-corrected chi connectivity index (χ3v) is 4.00. The minimum atomic E-state index is -1.29. The number of hydrogen-bond donors (Lipinski definition) is 0. The number of carbonyl (C=O) groups is 2. The number of ether oxygens (including phenoxy) is 2. The fraction of sp³-hybridized carbons (Fsp3) is 0.400. The summed E-state index contributed by atoms with van der Waals surface area (Å²) in [5.41, 5.74) is 1.63. The number of carbonyl (C=O) groups excluding carboxylic acids is 2. The summed E-state index contributed by atoms with van der Waals surface area (Å²) in [5, 5.41) is 0. The number of hydrogen-bond acceptors (Lipinski definition) is 4. The highest BCUT2D eigenvalue weighted by Crippen LogP contribution is 2.41. The van der Waals surface area contributed by atoms with Crippen molar-refractivity contribution < 1.29 is 19.1 Å². The van der Waals surface area contributed by atoms with Gasteiger partial charge in [0.1, 0.15) is 0 Å². The SMILES string of the molecule is CCOC(=O)C1(C(=O)OCC)CC(C)=C/C(=C\c2ccccc2)C1. The average molecular weight is 328 g/mol. The van der Waals surface area contributed by atoms with Gasteiger partial charge >= 0.3 is 11.9 Å². The van der Waals surface area contributed by atoms with E-state index in [0.717, 1.165) is 16.7 Å². The topological polar surface area (TPSA) is 52.6 Å². The van der Waals surface area contributed by atoms with E-state index in [4.69, 9.17) is 9.47 Å². The van der Waals surface area contributed by atoms with Crippen LogP contribution in [0.15, 0.2) is 47.6 Å². The summed E-state index contributed by atoms with van der Waals surface area (Å²) in [5.74, 6) is -1.01. The molecule has 0 bridgehead atoms. The highest BCUT2D eigenvalue weighted by atomic mass is 16.6. The maximum absolute atomic E-state index is 12.6. The number of esters is 2. The predicted octanol–water partition coefficient (Wildman–Crippen LogP) is 3.92. The molecule has 0 radical (unpaired) electrons. The summed E-state index contributed by atoms with van der Waals surface area (Å²) >= 11 is 0. The summed E-state index contributed by atoms with van der Waals surface area (Å²) in [6.07, 6.45) is 4.65. The first-order valence-electron chi connectivity index (χ1n) is 8.29. The van der Waals surface area contributed by atoms with E-state index in [0.29, 0.717) is 6.42 Å². The highest BCUT2D eigenvalue weighted by molar-refractivity contribution is 6.01. The molecule has 0 N–H and O–H groups in total. The van der Waals surface area contributed by atoms with Crippen LogP contribution in [0.25, 0.3) is 6.08 Å². The van der Waals surface area contributed by atoms with Crippen molar-refractivity contribution in [1.82, 2.24) is 0 Å². The Balaban J connectivity index is 2.42. The molecule has 128 valence electrons. The third kappa shape index (κ3) is 3.94. The van der Waals surface area contributed by atoms with Gasteiger partial charge in [-0.25, -0.2) is 0 Å². The van der Waals surface area contributed by atoms with Crippen LogP contribution in [0, 0.1) is 5.41 Å². The van der Waals surface area contributed by atoms with Crippen LogP contribution in [0.5, 0.6) is 0 Å². The van der Waals surface area contributed by atoms with Gasteiger partial charge in [0.2, 0.25) is 0 Å². The zero-order valence-electron chi connectivity index (χ0n) is 14.5. The number of allylic oxidation sites excluding steroid dienone is 3. The fourth-order valence-electron chi connectivity index (χ4n) is 3.07. The Kier molecular flexibility index (Phi) is 5.96. The van der Waals surface area contributed by atoms with E-state index in [-0.39, 0.29) is 19.6 Å². The molecule has 2 rings (SSSR count). The predicted molar refractivity (Wildman–Crippen MR) is 93.1 cm³/mol. The summed E-state index contributed by atoms with van der Waals surface area (Å²) in [7, 11) is 0. The van der Waals surface area contributed by atoms with Crippen LogP contribution in [-0.4, -0.2) is 25.2 Å². The monoisotopic (exact) mass is 328 g/mol. The lowest BCUT2D eigenvalue weighted by molar-refractivity contribution is -0.172. The zero-order chi connectivity index (χ0) is 17.6. The lowest BCUT2D eigenvalue weighted by atomic mass is 9.72. The molecule has 0 unspecified atom stereocenters. The van der Waals surface area contributed by atoms with Crippen molar-refractivity contribution in [2.24, 2.45) is 5.41 Å². The van der Waals surface area contributed by atoms with E-state index in [1.165, 1.54) is 0 Å². The first kappa shape index (κ1) is 18.0. The van der Waals surface area contributed by atoms with Crippen LogP contribution in [0.1, 0.15) is 39.2 Å². The van der Waals surface area contributed by atoms with Crippen LogP contribution in [0.2, 0.25) is 0 Å². The molecule has 0 aromatic heterocycles. The maximum atomic E-state index is 12.6. The Labute approximate surface area is 143 Å². The highest BCUT2D eigenvalue weighted by Gasteiger charge is 2.50. The molecule has 1 aromatic carbocycles. The van der Waals surface area contributed by atoms with Crippen molar-refractivity contribution in [3.8, 4) is 0 Å². The summed E-state index contributed by atoms with van der Waals surface area (Å²) < 4.78 is 10.4. The van der Waals surface area contributed by atoms with Gasteiger partial charge in [0.05, 0.1) is 13.2 Å². The van der Waals surface area contributed by atoms with Gasteiger partial charge in [-0.3, -0.25) is 9.59 Å². The van der Waals surface area contributed by atoms with Gasteiger partial charge in [-0.2, -0.15) is 0 Å². The Hall–Kier alpha value is -2.36. The second-order valence-electron chi connectivity index (χ2n) is 6.00. The van der Waals surface area contributed by atoms with Gasteiger partial charge in [-0.15, -0.1) is 0 Å². The van der Waals surface area contributed by atoms with Gasteiger partial charge in [-0.1, -0.05) is 48.1 Å². The zero-order valence-corrected chi connectivity index (χ0v) is 14.5. The van der Waals surface area contributed by atoms with Crippen LogP contribution in [0.4, 0.5) is 0 Å². The van der Waals surface area contributed by atoms with E-state index >= 15 is 0 Å². The van der Waals surface area contributed by atoms with Crippen molar-refractivity contribution in [3.05, 3.63) is 53.1 Å². The standard InChI is InChI=1S/C20H24O4/c1-4-23-18(21)20(19(22)24-5-2)13-15(3)11-17(14-20)12-16-9-7-6-8-10-16/h6-12H,4-5,13-14H2,1-3H3/b17-12+. The van der Waals surface area contributed by atoms with E-state index in [1.807, 2.05) is 49.4 Å². The largest absolute Gasteiger partial charge is 0.465 e. The molecule has 0 spiro atoms. The first-order valence-corrected chi connectivity index (χ1v) is 8.29. The van der Waals surface area contributed by atoms with Crippen molar-refractivity contribution >= 4 is 18.0 Å². The molecular weight excluding hydrogens is 304 g/mol. The molecule has 4 nitrogen and oxygen atoms in total. The van der Waals surface area contributed by atoms with E-state index in [1.54, 1.807) is 13.8 Å². The molecule has 24 heavy (non-hydrogen) atoms. The van der Waals surface area contributed by atoms with Gasteiger partial charge in [-0.05, 0) is 44.7 Å². The molecule has 0 saturated carbocycles.